The third-order valence-electron chi connectivity index (χ3n) is 0.998. The Morgan fingerprint density at radius 3 is 2.45 bits per heavy atom. The summed E-state index contributed by atoms with van der Waals surface area (Å²) >= 11 is 0. The zero-order chi connectivity index (χ0) is 8.91. The minimum Gasteiger partial charge on any atom is -0.377 e. The van der Waals surface area contributed by atoms with Gasteiger partial charge in [-0.3, -0.25) is 9.87 Å². The number of hydrogen-bond acceptors (Lipinski definition) is 4. The molecule has 0 spiro atoms. The number of nitrogens with one attached hydrogen (secondary N) is 1. The van der Waals surface area contributed by atoms with Crippen LogP contribution >= 0.6 is 0 Å². The lowest BCUT2D eigenvalue weighted by Crippen LogP contribution is -2.35. The Morgan fingerprint density at radius 1 is 1.55 bits per heavy atom. The van der Waals surface area contributed by atoms with Crippen molar-refractivity contribution in [2.45, 2.75) is 19.6 Å². The van der Waals surface area contributed by atoms with E-state index in [4.69, 9.17) is 9.66 Å². The van der Waals surface area contributed by atoms with Crippen LogP contribution in [-0.4, -0.2) is 36.6 Å². The SMILES string of the molecule is CCCNC(O)CS(=O)(=O)O. The van der Waals surface area contributed by atoms with E-state index in [0.717, 1.165) is 6.42 Å². The van der Waals surface area contributed by atoms with Crippen molar-refractivity contribution in [2.75, 3.05) is 12.3 Å². The molecule has 0 amide bonds. The fourth-order valence-corrected chi connectivity index (χ4v) is 1.09. The summed E-state index contributed by atoms with van der Waals surface area (Å²) in [7, 11) is -4.07. The van der Waals surface area contributed by atoms with Crippen LogP contribution in [0.15, 0.2) is 0 Å². The molecule has 0 aromatic carbocycles. The second kappa shape index (κ2) is 4.66. The van der Waals surface area contributed by atoms with Crippen LogP contribution in [0.4, 0.5) is 0 Å². The molecule has 0 aliphatic carbocycles. The molecule has 0 aromatic heterocycles. The van der Waals surface area contributed by atoms with E-state index in [1.54, 1.807) is 0 Å². The van der Waals surface area contributed by atoms with E-state index in [0.29, 0.717) is 6.54 Å². The minimum atomic E-state index is -4.07. The molecule has 0 bridgehead atoms. The maximum atomic E-state index is 10.2. The van der Waals surface area contributed by atoms with E-state index in [1.807, 2.05) is 6.92 Å². The summed E-state index contributed by atoms with van der Waals surface area (Å²) in [6, 6.07) is 0. The Bertz CT molecular complexity index is 189. The number of aliphatic hydroxyl groups excluding tert-OH is 1. The van der Waals surface area contributed by atoms with Gasteiger partial charge in [-0.05, 0) is 13.0 Å². The van der Waals surface area contributed by atoms with Crippen molar-refractivity contribution in [3.8, 4) is 0 Å². The maximum absolute atomic E-state index is 10.2. The van der Waals surface area contributed by atoms with Crippen molar-refractivity contribution in [1.29, 1.82) is 0 Å². The van der Waals surface area contributed by atoms with Crippen LogP contribution in [0.2, 0.25) is 0 Å². The normalized spacial score (nSPS) is 14.8. The first-order valence-corrected chi connectivity index (χ1v) is 4.93. The van der Waals surface area contributed by atoms with Crippen LogP contribution in [0.25, 0.3) is 0 Å². The quantitative estimate of drug-likeness (QED) is 0.383. The fraction of sp³-hybridized carbons (Fsp3) is 1.00. The lowest BCUT2D eigenvalue weighted by atomic mass is 10.5. The average molecular weight is 183 g/mol. The molecular weight excluding hydrogens is 170 g/mol. The van der Waals surface area contributed by atoms with Crippen molar-refractivity contribution in [2.24, 2.45) is 0 Å². The summed E-state index contributed by atoms with van der Waals surface area (Å²) in [6.07, 6.45) is -0.382. The summed E-state index contributed by atoms with van der Waals surface area (Å²) < 4.78 is 28.6. The van der Waals surface area contributed by atoms with Crippen molar-refractivity contribution in [3.63, 3.8) is 0 Å². The van der Waals surface area contributed by atoms with Crippen molar-refractivity contribution < 1.29 is 18.1 Å². The smallest absolute Gasteiger partial charge is 0.268 e. The highest BCUT2D eigenvalue weighted by atomic mass is 32.2. The predicted octanol–water partition coefficient (Wildman–Crippen LogP) is -0.808. The maximum Gasteiger partial charge on any atom is 0.268 e. The summed E-state index contributed by atoms with van der Waals surface area (Å²) in [6.45, 7) is 2.41. The minimum absolute atomic E-state index is 0.524. The third kappa shape index (κ3) is 7.73. The molecule has 0 radical (unpaired) electrons. The molecule has 0 aliphatic rings. The van der Waals surface area contributed by atoms with E-state index in [-0.39, 0.29) is 0 Å². The van der Waals surface area contributed by atoms with Gasteiger partial charge in [0.05, 0.1) is 0 Å². The van der Waals surface area contributed by atoms with Gasteiger partial charge in [0.25, 0.3) is 10.1 Å². The van der Waals surface area contributed by atoms with Crippen LogP contribution in [0.1, 0.15) is 13.3 Å². The van der Waals surface area contributed by atoms with Gasteiger partial charge < -0.3 is 5.11 Å². The van der Waals surface area contributed by atoms with E-state index >= 15 is 0 Å². The number of aliphatic hydroxyl groups is 1. The van der Waals surface area contributed by atoms with Gasteiger partial charge in [0.1, 0.15) is 12.0 Å². The predicted molar refractivity (Wildman–Crippen MR) is 40.7 cm³/mol. The highest BCUT2D eigenvalue weighted by Crippen LogP contribution is 1.86. The van der Waals surface area contributed by atoms with Crippen LogP contribution < -0.4 is 5.32 Å². The molecule has 1 atom stereocenters. The molecular formula is C5H13NO4S. The lowest BCUT2D eigenvalue weighted by Gasteiger charge is -2.08. The Morgan fingerprint density at radius 2 is 2.09 bits per heavy atom. The first-order chi connectivity index (χ1) is 4.95. The Balaban J connectivity index is 3.61. The van der Waals surface area contributed by atoms with Crippen LogP contribution in [0, 0.1) is 0 Å². The molecule has 68 valence electrons. The Labute approximate surface area is 66.2 Å². The molecule has 0 saturated carbocycles. The molecule has 6 heteroatoms. The highest BCUT2D eigenvalue weighted by Gasteiger charge is 2.11. The standard InChI is InChI=1S/C5H13NO4S/c1-2-3-6-5(7)4-11(8,9)10/h5-7H,2-4H2,1H3,(H,8,9,10). The zero-order valence-electron chi connectivity index (χ0n) is 6.32. The second-order valence-corrected chi connectivity index (χ2v) is 3.72. The summed E-state index contributed by atoms with van der Waals surface area (Å²) in [5.41, 5.74) is 0. The molecule has 3 N–H and O–H groups in total. The molecule has 0 saturated heterocycles. The Kier molecular flexibility index (Phi) is 4.58. The Hall–Kier alpha value is -0.170. The zero-order valence-corrected chi connectivity index (χ0v) is 7.13. The van der Waals surface area contributed by atoms with Gasteiger partial charge in [-0.25, -0.2) is 0 Å². The molecule has 0 rings (SSSR count). The van der Waals surface area contributed by atoms with Crippen LogP contribution in [0.5, 0.6) is 0 Å². The van der Waals surface area contributed by atoms with Gasteiger partial charge in [0.2, 0.25) is 0 Å². The number of hydrogen-bond donors (Lipinski definition) is 3. The lowest BCUT2D eigenvalue weighted by molar-refractivity contribution is 0.157. The first kappa shape index (κ1) is 10.8. The molecule has 0 heterocycles. The molecule has 1 unspecified atom stereocenters. The number of rotatable bonds is 5. The van der Waals surface area contributed by atoms with E-state index in [9.17, 15) is 8.42 Å². The van der Waals surface area contributed by atoms with E-state index < -0.39 is 22.1 Å². The van der Waals surface area contributed by atoms with Gasteiger partial charge in [-0.2, -0.15) is 8.42 Å². The van der Waals surface area contributed by atoms with Gasteiger partial charge in [0.15, 0.2) is 0 Å². The molecule has 5 nitrogen and oxygen atoms in total. The van der Waals surface area contributed by atoms with E-state index in [1.165, 1.54) is 0 Å². The topological polar surface area (TPSA) is 86.6 Å². The molecule has 11 heavy (non-hydrogen) atoms. The highest BCUT2D eigenvalue weighted by molar-refractivity contribution is 7.85. The largest absolute Gasteiger partial charge is 0.377 e. The molecule has 0 aliphatic heterocycles. The fourth-order valence-electron chi connectivity index (χ4n) is 0.569. The van der Waals surface area contributed by atoms with Crippen LogP contribution in [0.3, 0.4) is 0 Å². The second-order valence-electron chi connectivity index (χ2n) is 2.22. The van der Waals surface area contributed by atoms with Crippen molar-refractivity contribution in [3.05, 3.63) is 0 Å². The first-order valence-electron chi connectivity index (χ1n) is 3.32. The summed E-state index contributed by atoms with van der Waals surface area (Å²) in [5, 5.41) is 11.4. The van der Waals surface area contributed by atoms with Gasteiger partial charge >= 0.3 is 0 Å². The summed E-state index contributed by atoms with van der Waals surface area (Å²) in [5.74, 6) is -0.660. The van der Waals surface area contributed by atoms with Crippen LogP contribution in [-0.2, 0) is 10.1 Å². The molecule has 0 fully saturated rings. The van der Waals surface area contributed by atoms with Gasteiger partial charge in [-0.1, -0.05) is 6.92 Å². The van der Waals surface area contributed by atoms with Crippen molar-refractivity contribution in [1.82, 2.24) is 5.32 Å². The van der Waals surface area contributed by atoms with Gasteiger partial charge in [-0.15, -0.1) is 0 Å². The monoisotopic (exact) mass is 183 g/mol. The van der Waals surface area contributed by atoms with E-state index in [2.05, 4.69) is 5.32 Å². The van der Waals surface area contributed by atoms with Crippen molar-refractivity contribution >= 4 is 10.1 Å². The van der Waals surface area contributed by atoms with Gasteiger partial charge in [0, 0.05) is 0 Å². The average Bonchev–Trinajstić information content (AvgIpc) is 1.79. The molecule has 0 aromatic rings. The third-order valence-corrected chi connectivity index (χ3v) is 1.74. The summed E-state index contributed by atoms with van der Waals surface area (Å²) in [4.78, 5) is 0.